The normalized spacial score (nSPS) is 12.0. The van der Waals surface area contributed by atoms with Crippen LogP contribution in [0.3, 0.4) is 0 Å². The van der Waals surface area contributed by atoms with Crippen LogP contribution in [0, 0.1) is 20.8 Å². The van der Waals surface area contributed by atoms with Crippen LogP contribution in [0.2, 0.25) is 0 Å². The third-order valence-electron chi connectivity index (χ3n) is 4.27. The number of aromatic nitrogens is 2. The summed E-state index contributed by atoms with van der Waals surface area (Å²) in [4.78, 5) is 17.1. The molecule has 0 aliphatic rings. The van der Waals surface area contributed by atoms with E-state index in [1.54, 1.807) is 6.20 Å². The molecule has 26 heavy (non-hydrogen) atoms. The Kier molecular flexibility index (Phi) is 5.47. The third-order valence-corrected chi connectivity index (χ3v) is 5.35. The van der Waals surface area contributed by atoms with Gasteiger partial charge in [-0.25, -0.2) is 4.98 Å². The lowest BCUT2D eigenvalue weighted by atomic mass is 10.1. The Balaban J connectivity index is 1.74. The summed E-state index contributed by atoms with van der Waals surface area (Å²) >= 11 is 1.46. The monoisotopic (exact) mass is 365 g/mol. The van der Waals surface area contributed by atoms with Crippen LogP contribution in [-0.2, 0) is 4.79 Å². The average Bonchev–Trinajstić information content (AvgIpc) is 3.05. The molecule has 4 nitrogen and oxygen atoms in total. The van der Waals surface area contributed by atoms with E-state index < -0.39 is 0 Å². The van der Waals surface area contributed by atoms with Crippen molar-refractivity contribution >= 4 is 23.4 Å². The van der Waals surface area contributed by atoms with E-state index in [-0.39, 0.29) is 11.2 Å². The van der Waals surface area contributed by atoms with Crippen molar-refractivity contribution in [1.29, 1.82) is 0 Å². The molecule has 0 aliphatic carbocycles. The van der Waals surface area contributed by atoms with Crippen molar-refractivity contribution in [2.45, 2.75) is 38.1 Å². The fraction of sp³-hybridized carbons (Fsp3) is 0.238. The molecule has 5 heteroatoms. The summed E-state index contributed by atoms with van der Waals surface area (Å²) in [5, 5.41) is 3.57. The van der Waals surface area contributed by atoms with Crippen molar-refractivity contribution in [1.82, 2.24) is 9.55 Å². The summed E-state index contributed by atoms with van der Waals surface area (Å²) in [6, 6.07) is 14.2. The Hall–Kier alpha value is -2.53. The zero-order valence-corrected chi connectivity index (χ0v) is 16.3. The van der Waals surface area contributed by atoms with Gasteiger partial charge < -0.3 is 5.32 Å². The van der Waals surface area contributed by atoms with Crippen LogP contribution in [-0.4, -0.2) is 20.7 Å². The number of aryl methyl sites for hydroxylation is 3. The van der Waals surface area contributed by atoms with Crippen LogP contribution in [0.1, 0.15) is 23.6 Å². The molecular formula is C21H23N3OS. The number of thioether (sulfide) groups is 1. The first-order chi connectivity index (χ1) is 12.5. The molecule has 0 saturated carbocycles. The van der Waals surface area contributed by atoms with E-state index in [2.05, 4.69) is 35.4 Å². The summed E-state index contributed by atoms with van der Waals surface area (Å²) in [6.07, 6.45) is 3.70. The molecule has 1 aromatic heterocycles. The Morgan fingerprint density at radius 3 is 2.62 bits per heavy atom. The topological polar surface area (TPSA) is 46.9 Å². The SMILES string of the molecule is Cc1ccc(NC(=O)C(C)Sc2nccn2-c2ccccc2C)c(C)c1. The molecule has 2 aromatic carbocycles. The number of rotatable bonds is 5. The first kappa shape index (κ1) is 18.3. The van der Waals surface area contributed by atoms with E-state index in [0.29, 0.717) is 0 Å². The van der Waals surface area contributed by atoms with Gasteiger partial charge in [-0.2, -0.15) is 0 Å². The average molecular weight is 366 g/mol. The fourth-order valence-corrected chi connectivity index (χ4v) is 3.67. The van der Waals surface area contributed by atoms with Gasteiger partial charge in [0.2, 0.25) is 5.91 Å². The number of imidazole rings is 1. The zero-order chi connectivity index (χ0) is 18.7. The minimum atomic E-state index is -0.263. The van der Waals surface area contributed by atoms with Crippen molar-refractivity contribution in [3.63, 3.8) is 0 Å². The van der Waals surface area contributed by atoms with Crippen LogP contribution >= 0.6 is 11.8 Å². The second kappa shape index (κ2) is 7.79. The predicted octanol–water partition coefficient (Wildman–Crippen LogP) is 4.92. The molecule has 3 rings (SSSR count). The highest BCUT2D eigenvalue weighted by molar-refractivity contribution is 8.00. The first-order valence-corrected chi connectivity index (χ1v) is 9.48. The Morgan fingerprint density at radius 1 is 1.12 bits per heavy atom. The minimum absolute atomic E-state index is 0.0266. The molecule has 0 radical (unpaired) electrons. The van der Waals surface area contributed by atoms with Gasteiger partial charge in [-0.3, -0.25) is 9.36 Å². The zero-order valence-electron chi connectivity index (χ0n) is 15.5. The lowest BCUT2D eigenvalue weighted by molar-refractivity contribution is -0.115. The number of nitrogens with one attached hydrogen (secondary N) is 1. The molecule has 3 aromatic rings. The highest BCUT2D eigenvalue weighted by atomic mass is 32.2. The molecule has 0 saturated heterocycles. The van der Waals surface area contributed by atoms with E-state index in [0.717, 1.165) is 22.1 Å². The third kappa shape index (κ3) is 3.99. The van der Waals surface area contributed by atoms with Gasteiger partial charge in [0.25, 0.3) is 0 Å². The molecule has 1 unspecified atom stereocenters. The largest absolute Gasteiger partial charge is 0.325 e. The number of nitrogens with zero attached hydrogens (tertiary/aromatic N) is 2. The van der Waals surface area contributed by atoms with Crippen molar-refractivity contribution in [2.75, 3.05) is 5.32 Å². The summed E-state index contributed by atoms with van der Waals surface area (Å²) in [6.45, 7) is 8.02. The molecule has 1 amide bonds. The van der Waals surface area contributed by atoms with E-state index in [1.165, 1.54) is 22.9 Å². The van der Waals surface area contributed by atoms with Crippen molar-refractivity contribution < 1.29 is 4.79 Å². The molecule has 0 bridgehead atoms. The lowest BCUT2D eigenvalue weighted by Gasteiger charge is -2.15. The van der Waals surface area contributed by atoms with Gasteiger partial charge >= 0.3 is 0 Å². The van der Waals surface area contributed by atoms with Gasteiger partial charge in [0, 0.05) is 18.1 Å². The number of para-hydroxylation sites is 1. The van der Waals surface area contributed by atoms with E-state index in [9.17, 15) is 4.79 Å². The van der Waals surface area contributed by atoms with Gasteiger partial charge in [-0.15, -0.1) is 0 Å². The van der Waals surface area contributed by atoms with Crippen LogP contribution < -0.4 is 5.32 Å². The van der Waals surface area contributed by atoms with Crippen LogP contribution in [0.4, 0.5) is 5.69 Å². The maximum atomic E-state index is 12.6. The van der Waals surface area contributed by atoms with Crippen LogP contribution in [0.25, 0.3) is 5.69 Å². The molecule has 0 spiro atoms. The van der Waals surface area contributed by atoms with Gasteiger partial charge in [0.05, 0.1) is 10.9 Å². The molecule has 134 valence electrons. The Bertz CT molecular complexity index is 933. The molecule has 1 atom stereocenters. The minimum Gasteiger partial charge on any atom is -0.325 e. The number of anilines is 1. The van der Waals surface area contributed by atoms with Crippen molar-refractivity contribution in [3.05, 3.63) is 71.5 Å². The van der Waals surface area contributed by atoms with Gasteiger partial charge in [-0.05, 0) is 51.0 Å². The standard InChI is InChI=1S/C21H23N3OS/c1-14-9-10-18(16(3)13-14)23-20(25)17(4)26-21-22-11-12-24(21)19-8-6-5-7-15(19)2/h5-13,17H,1-4H3,(H,23,25). The number of hydrogen-bond acceptors (Lipinski definition) is 3. The molecule has 0 aliphatic heterocycles. The smallest absolute Gasteiger partial charge is 0.237 e. The number of carbonyl (C=O) groups excluding carboxylic acids is 1. The fourth-order valence-electron chi connectivity index (χ4n) is 2.79. The lowest BCUT2D eigenvalue weighted by Crippen LogP contribution is -2.23. The van der Waals surface area contributed by atoms with E-state index in [4.69, 9.17) is 0 Å². The van der Waals surface area contributed by atoms with E-state index in [1.807, 2.05) is 55.8 Å². The number of hydrogen-bond donors (Lipinski definition) is 1. The van der Waals surface area contributed by atoms with Gasteiger partial charge in [0.15, 0.2) is 5.16 Å². The summed E-state index contributed by atoms with van der Waals surface area (Å²) in [5.74, 6) is -0.0266. The van der Waals surface area contributed by atoms with Crippen molar-refractivity contribution in [3.8, 4) is 5.69 Å². The van der Waals surface area contributed by atoms with Gasteiger partial charge in [-0.1, -0.05) is 47.7 Å². The molecule has 0 fully saturated rings. The number of amides is 1. The maximum Gasteiger partial charge on any atom is 0.237 e. The van der Waals surface area contributed by atoms with Crippen LogP contribution in [0.5, 0.6) is 0 Å². The second-order valence-electron chi connectivity index (χ2n) is 6.43. The maximum absolute atomic E-state index is 12.6. The Labute approximate surface area is 158 Å². The molecule has 1 heterocycles. The number of carbonyl (C=O) groups is 1. The summed E-state index contributed by atoms with van der Waals surface area (Å²) in [7, 11) is 0. The summed E-state index contributed by atoms with van der Waals surface area (Å²) in [5.41, 5.74) is 5.35. The molecule has 1 N–H and O–H groups in total. The predicted molar refractivity (Wildman–Crippen MR) is 108 cm³/mol. The van der Waals surface area contributed by atoms with E-state index >= 15 is 0 Å². The summed E-state index contributed by atoms with van der Waals surface area (Å²) < 4.78 is 2.03. The van der Waals surface area contributed by atoms with Crippen LogP contribution in [0.15, 0.2) is 60.0 Å². The highest BCUT2D eigenvalue weighted by Crippen LogP contribution is 2.27. The first-order valence-electron chi connectivity index (χ1n) is 8.60. The van der Waals surface area contributed by atoms with Gasteiger partial charge in [0.1, 0.15) is 0 Å². The second-order valence-corrected chi connectivity index (χ2v) is 7.74. The highest BCUT2D eigenvalue weighted by Gasteiger charge is 2.19. The quantitative estimate of drug-likeness (QED) is 0.653. The Morgan fingerprint density at radius 2 is 1.88 bits per heavy atom. The number of benzene rings is 2. The van der Waals surface area contributed by atoms with Crippen molar-refractivity contribution in [2.24, 2.45) is 0 Å². The molecular weight excluding hydrogens is 342 g/mol.